The molecule has 0 fully saturated rings. The number of halogens is 12. The number of rotatable bonds is 11. The Labute approximate surface area is 160 Å². The molecule has 0 aromatic carbocycles. The fraction of sp³-hybridized carbons (Fsp3) is 0.923. The Balaban J connectivity index is 5.74. The van der Waals surface area contributed by atoms with Crippen molar-refractivity contribution >= 4 is 5.97 Å². The van der Waals surface area contributed by atoms with Gasteiger partial charge < -0.3 is 4.74 Å². The molecule has 0 aliphatic heterocycles. The van der Waals surface area contributed by atoms with Gasteiger partial charge in [0, 0.05) is 0 Å². The van der Waals surface area contributed by atoms with Crippen LogP contribution in [0.25, 0.3) is 0 Å². The van der Waals surface area contributed by atoms with Gasteiger partial charge >= 0.3 is 36.0 Å². The third-order valence-electron chi connectivity index (χ3n) is 3.72. The molecule has 0 radical (unpaired) electrons. The minimum atomic E-state index is -7.43. The second kappa shape index (κ2) is 9.33. The van der Waals surface area contributed by atoms with Gasteiger partial charge in [0.25, 0.3) is 0 Å². The van der Waals surface area contributed by atoms with Crippen molar-refractivity contribution in [3.05, 3.63) is 0 Å². The molecule has 0 saturated carbocycles. The first kappa shape index (κ1) is 28.5. The minimum absolute atomic E-state index is 0.501. The van der Waals surface area contributed by atoms with Crippen LogP contribution < -0.4 is 0 Å². The van der Waals surface area contributed by atoms with Gasteiger partial charge in [0.1, 0.15) is 0 Å². The number of esters is 1. The minimum Gasteiger partial charge on any atom is -0.396 e. The average molecular weight is 477 g/mol. The molecule has 180 valence electrons. The maximum atomic E-state index is 13.5. The smallest absolute Gasteiger partial charge is 0.396 e. The molecule has 0 bridgehead atoms. The van der Waals surface area contributed by atoms with Gasteiger partial charge in [-0.2, -0.15) is 48.3 Å². The fourth-order valence-corrected chi connectivity index (χ4v) is 1.95. The summed E-state index contributed by atoms with van der Waals surface area (Å²) >= 11 is 0. The van der Waals surface area contributed by atoms with Gasteiger partial charge in [-0.3, -0.25) is 15.2 Å². The summed E-state index contributed by atoms with van der Waals surface area (Å²) in [5, 5.41) is 16.3. The van der Waals surface area contributed by atoms with Crippen molar-refractivity contribution in [2.75, 3.05) is 6.54 Å². The van der Waals surface area contributed by atoms with Crippen molar-refractivity contribution in [1.29, 1.82) is 0 Å². The highest BCUT2D eigenvalue weighted by Gasteiger charge is 2.84. The molecule has 0 amide bonds. The number of hydroxylamine groups is 2. The van der Waals surface area contributed by atoms with Crippen LogP contribution in [0.2, 0.25) is 0 Å². The number of nitrogens with zero attached hydrogens (tertiary/aromatic N) is 1. The molecule has 0 aliphatic rings. The molecule has 0 saturated heterocycles. The number of alkyl halides is 12. The van der Waals surface area contributed by atoms with E-state index in [0.717, 1.165) is 6.92 Å². The lowest BCUT2D eigenvalue weighted by Crippen LogP contribution is -2.66. The Morgan fingerprint density at radius 1 is 0.933 bits per heavy atom. The van der Waals surface area contributed by atoms with E-state index in [0.29, 0.717) is 0 Å². The van der Waals surface area contributed by atoms with Gasteiger partial charge in [0.05, 0.1) is 18.9 Å². The van der Waals surface area contributed by atoms with E-state index in [-0.39, 0.29) is 0 Å². The van der Waals surface area contributed by atoms with Crippen LogP contribution in [0.3, 0.4) is 0 Å². The topological polar surface area (TPSA) is 70.0 Å². The maximum absolute atomic E-state index is 13.5. The summed E-state index contributed by atoms with van der Waals surface area (Å²) in [6.45, 7) is 0.222. The molecular weight excluding hydrogens is 462 g/mol. The number of ether oxygens (including phenoxy) is 1. The third kappa shape index (κ3) is 6.26. The zero-order valence-corrected chi connectivity index (χ0v) is 14.7. The number of carbonyl (C=O) groups is 1. The van der Waals surface area contributed by atoms with Crippen LogP contribution >= 0.6 is 0 Å². The lowest BCUT2D eigenvalue weighted by atomic mass is 9.97. The first-order valence-electron chi connectivity index (χ1n) is 7.74. The molecule has 0 heterocycles. The van der Waals surface area contributed by atoms with Crippen LogP contribution in [-0.2, 0) is 9.53 Å². The summed E-state index contributed by atoms with van der Waals surface area (Å²) in [7, 11) is 0. The molecule has 0 aliphatic carbocycles. The summed E-state index contributed by atoms with van der Waals surface area (Å²) in [4.78, 5) is 11.5. The van der Waals surface area contributed by atoms with Crippen molar-refractivity contribution in [2.24, 2.45) is 5.92 Å². The van der Waals surface area contributed by atoms with Crippen LogP contribution in [0.1, 0.15) is 26.2 Å². The maximum Gasteiger partial charge on any atom is 0.473 e. The van der Waals surface area contributed by atoms with Gasteiger partial charge in [0.2, 0.25) is 0 Å². The van der Waals surface area contributed by atoms with Gasteiger partial charge in [-0.15, -0.1) is 0 Å². The van der Waals surface area contributed by atoms with Crippen LogP contribution in [0.15, 0.2) is 0 Å². The average Bonchev–Trinajstić information content (AvgIpc) is 2.52. The van der Waals surface area contributed by atoms with E-state index < -0.39 is 79.1 Å². The number of hydrogen-bond donors (Lipinski definition) is 2. The highest BCUT2D eigenvalue weighted by atomic mass is 19.4. The van der Waals surface area contributed by atoms with E-state index in [9.17, 15) is 57.5 Å². The Morgan fingerprint density at radius 2 is 1.40 bits per heavy atom. The Kier molecular flexibility index (Phi) is 8.87. The first-order chi connectivity index (χ1) is 13.1. The van der Waals surface area contributed by atoms with Crippen LogP contribution in [0.5, 0.6) is 0 Å². The normalized spacial score (nSPS) is 16.5. The highest BCUT2D eigenvalue weighted by molar-refractivity contribution is 5.72. The zero-order chi connectivity index (χ0) is 24.3. The van der Waals surface area contributed by atoms with Gasteiger partial charge in [-0.05, 0) is 12.8 Å². The van der Waals surface area contributed by atoms with Crippen LogP contribution in [0, 0.1) is 5.92 Å². The monoisotopic (exact) mass is 477 g/mol. The molecule has 2 atom stereocenters. The van der Waals surface area contributed by atoms with Crippen molar-refractivity contribution in [2.45, 2.75) is 62.4 Å². The SMILES string of the molecule is CCC(CCN(O)O)C(=O)OC(F)(F)C(F)(F)C(F)(F)C(F)(F)C(F)CC(F)(F)F. The molecule has 2 N–H and O–H groups in total. The summed E-state index contributed by atoms with van der Waals surface area (Å²) in [5.41, 5.74) is 0. The van der Waals surface area contributed by atoms with Crippen molar-refractivity contribution in [1.82, 2.24) is 5.23 Å². The summed E-state index contributed by atoms with van der Waals surface area (Å²) in [6, 6.07) is 0. The standard InChI is InChI=1S/C13H15F12NO4/c1-2-6(3-4-26(28)29)8(27)30-13(24,25)12(22,23)11(20,21)10(18,19)7(14)5-9(15,16)17/h6-7,28-29H,2-5H2,1H3. The number of hydrogen-bond acceptors (Lipinski definition) is 5. The first-order valence-corrected chi connectivity index (χ1v) is 7.74. The van der Waals surface area contributed by atoms with E-state index in [1.165, 1.54) is 0 Å². The van der Waals surface area contributed by atoms with Gasteiger partial charge in [0.15, 0.2) is 6.17 Å². The van der Waals surface area contributed by atoms with E-state index in [1.54, 1.807) is 0 Å². The largest absolute Gasteiger partial charge is 0.473 e. The van der Waals surface area contributed by atoms with E-state index >= 15 is 0 Å². The molecule has 0 rings (SSSR count). The van der Waals surface area contributed by atoms with Gasteiger partial charge in [-0.25, -0.2) is 4.39 Å². The Hall–Kier alpha value is -1.49. The summed E-state index contributed by atoms with van der Waals surface area (Å²) in [5.74, 6) is -25.9. The second-order valence-electron chi connectivity index (χ2n) is 5.99. The predicted molar refractivity (Wildman–Crippen MR) is 70.1 cm³/mol. The molecule has 0 aromatic heterocycles. The molecule has 5 nitrogen and oxygen atoms in total. The van der Waals surface area contributed by atoms with Crippen molar-refractivity contribution in [3.8, 4) is 0 Å². The lowest BCUT2D eigenvalue weighted by Gasteiger charge is -2.37. The molecule has 0 spiro atoms. The molecule has 0 aromatic rings. The van der Waals surface area contributed by atoms with Gasteiger partial charge in [-0.1, -0.05) is 12.2 Å². The van der Waals surface area contributed by atoms with Crippen LogP contribution in [0.4, 0.5) is 52.7 Å². The summed E-state index contributed by atoms with van der Waals surface area (Å²) < 4.78 is 159. The Bertz CT molecular complexity index is 581. The van der Waals surface area contributed by atoms with E-state index in [4.69, 9.17) is 10.4 Å². The van der Waals surface area contributed by atoms with Crippen LogP contribution in [-0.4, -0.2) is 64.4 Å². The molecule has 30 heavy (non-hydrogen) atoms. The zero-order valence-electron chi connectivity index (χ0n) is 14.7. The summed E-state index contributed by atoms with van der Waals surface area (Å²) in [6.07, 6.45) is -22.2. The molecule has 2 unspecified atom stereocenters. The van der Waals surface area contributed by atoms with Crippen molar-refractivity contribution < 1.29 is 72.6 Å². The van der Waals surface area contributed by atoms with Crippen molar-refractivity contribution in [3.63, 3.8) is 0 Å². The second-order valence-corrected chi connectivity index (χ2v) is 5.99. The third-order valence-corrected chi connectivity index (χ3v) is 3.72. The quantitative estimate of drug-likeness (QED) is 0.254. The molecule has 17 heteroatoms. The number of carbonyl (C=O) groups excluding carboxylic acids is 1. The lowest BCUT2D eigenvalue weighted by molar-refractivity contribution is -0.423. The predicted octanol–water partition coefficient (Wildman–Crippen LogP) is 4.82. The molecular formula is C13H15F12NO4. The van der Waals surface area contributed by atoms with E-state index in [1.807, 2.05) is 0 Å². The Morgan fingerprint density at radius 3 is 1.77 bits per heavy atom. The fourth-order valence-electron chi connectivity index (χ4n) is 1.95. The van der Waals surface area contributed by atoms with E-state index in [2.05, 4.69) is 4.74 Å². The highest BCUT2D eigenvalue weighted by Crippen LogP contribution is 2.55.